The van der Waals surface area contributed by atoms with Gasteiger partial charge in [0.2, 0.25) is 0 Å². The van der Waals surface area contributed by atoms with Crippen LogP contribution in [0.1, 0.15) is 12.5 Å². The van der Waals surface area contributed by atoms with Crippen LogP contribution in [0, 0.1) is 10.1 Å². The van der Waals surface area contributed by atoms with E-state index in [-0.39, 0.29) is 5.56 Å². The quantitative estimate of drug-likeness (QED) is 0.648. The molecule has 0 aliphatic carbocycles. The van der Waals surface area contributed by atoms with Crippen LogP contribution >= 0.6 is 0 Å². The third-order valence-corrected chi connectivity index (χ3v) is 2.68. The number of non-ortho nitro benzene ring substituents is 1. The molecular weight excluding hydrogens is 297 g/mol. The lowest BCUT2D eigenvalue weighted by atomic mass is 9.91. The van der Waals surface area contributed by atoms with E-state index in [0.717, 1.165) is 31.2 Å². The number of benzene rings is 1. The van der Waals surface area contributed by atoms with Crippen molar-refractivity contribution in [2.45, 2.75) is 18.6 Å². The maximum atomic E-state index is 12.3. The van der Waals surface area contributed by atoms with Gasteiger partial charge in [-0.05, 0) is 12.5 Å². The van der Waals surface area contributed by atoms with E-state index in [1.54, 1.807) is 0 Å². The zero-order chi connectivity index (χ0) is 16.4. The highest BCUT2D eigenvalue weighted by atomic mass is 19.4. The second kappa shape index (κ2) is 5.38. The molecule has 0 spiro atoms. The van der Waals surface area contributed by atoms with E-state index in [1.807, 2.05) is 0 Å². The summed E-state index contributed by atoms with van der Waals surface area (Å²) >= 11 is 0. The van der Waals surface area contributed by atoms with Gasteiger partial charge in [0.25, 0.3) is 5.69 Å². The van der Waals surface area contributed by atoms with E-state index in [2.05, 4.69) is 0 Å². The van der Waals surface area contributed by atoms with Crippen LogP contribution < -0.4 is 5.32 Å². The number of nitro benzene ring substituents is 1. The molecule has 0 saturated heterocycles. The van der Waals surface area contributed by atoms with Crippen LogP contribution in [-0.2, 0) is 15.1 Å². The van der Waals surface area contributed by atoms with Crippen LogP contribution in [0.2, 0.25) is 0 Å². The molecule has 0 aliphatic rings. The first kappa shape index (κ1) is 16.4. The minimum atomic E-state index is -5.28. The molecule has 1 aromatic carbocycles. The smallest absolute Gasteiger partial charge is 0.471 e. The lowest BCUT2D eigenvalue weighted by Gasteiger charge is -2.27. The van der Waals surface area contributed by atoms with Crippen molar-refractivity contribution in [3.8, 4) is 0 Å². The summed E-state index contributed by atoms with van der Waals surface area (Å²) in [5.74, 6) is -4.25. The number of carbonyl (C=O) groups is 2. The molecule has 0 aromatic heterocycles. The first-order valence-corrected chi connectivity index (χ1v) is 5.36. The molecule has 0 aliphatic heterocycles. The molecule has 2 N–H and O–H groups in total. The van der Waals surface area contributed by atoms with Crippen LogP contribution in [0.15, 0.2) is 24.3 Å². The number of aliphatic carboxylic acids is 1. The number of amides is 1. The lowest BCUT2D eigenvalue weighted by molar-refractivity contribution is -0.385. The van der Waals surface area contributed by atoms with Crippen LogP contribution in [0.25, 0.3) is 0 Å². The molecule has 1 rings (SSSR count). The number of hydrogen-bond donors (Lipinski definition) is 2. The summed E-state index contributed by atoms with van der Waals surface area (Å²) in [6, 6.07) is 3.99. The highest BCUT2D eigenvalue weighted by Crippen LogP contribution is 2.27. The van der Waals surface area contributed by atoms with Crippen LogP contribution in [-0.4, -0.2) is 28.1 Å². The Balaban J connectivity index is 3.29. The van der Waals surface area contributed by atoms with Gasteiger partial charge in [-0.1, -0.05) is 12.1 Å². The molecule has 0 saturated carbocycles. The Morgan fingerprint density at radius 1 is 1.33 bits per heavy atom. The number of nitro groups is 1. The molecule has 0 heterocycles. The van der Waals surface area contributed by atoms with Crippen molar-refractivity contribution in [1.82, 2.24) is 5.32 Å². The number of hydrogen-bond acceptors (Lipinski definition) is 4. The minimum Gasteiger partial charge on any atom is -0.479 e. The SMILES string of the molecule is CC(NC(=O)C(F)(F)F)(C(=O)O)c1cccc([N+](=O)[O-])c1. The number of carboxylic acids is 1. The van der Waals surface area contributed by atoms with Crippen molar-refractivity contribution in [2.75, 3.05) is 0 Å². The monoisotopic (exact) mass is 306 g/mol. The normalized spacial score (nSPS) is 14.1. The fourth-order valence-corrected chi connectivity index (χ4v) is 1.48. The number of carbonyl (C=O) groups excluding carboxylic acids is 1. The summed E-state index contributed by atoms with van der Waals surface area (Å²) in [6.07, 6.45) is -5.28. The van der Waals surface area contributed by atoms with Crippen LogP contribution in [0.5, 0.6) is 0 Å². The lowest BCUT2D eigenvalue weighted by Crippen LogP contribution is -2.53. The average molecular weight is 306 g/mol. The zero-order valence-corrected chi connectivity index (χ0v) is 10.5. The number of carboxylic acid groups (broad SMARTS) is 1. The summed E-state index contributed by atoms with van der Waals surface area (Å²) in [7, 11) is 0. The summed E-state index contributed by atoms with van der Waals surface area (Å²) in [4.78, 5) is 31.9. The third kappa shape index (κ3) is 3.46. The van der Waals surface area contributed by atoms with E-state index in [9.17, 15) is 32.9 Å². The summed E-state index contributed by atoms with van der Waals surface area (Å²) in [5, 5.41) is 21.0. The molecule has 1 atom stereocenters. The summed E-state index contributed by atoms with van der Waals surface area (Å²) in [6.45, 7) is 0.804. The van der Waals surface area contributed by atoms with Gasteiger partial charge in [-0.15, -0.1) is 0 Å². The fourth-order valence-electron chi connectivity index (χ4n) is 1.48. The highest BCUT2D eigenvalue weighted by Gasteiger charge is 2.46. The van der Waals surface area contributed by atoms with Crippen LogP contribution in [0.3, 0.4) is 0 Å². The van der Waals surface area contributed by atoms with Crippen molar-refractivity contribution < 1.29 is 32.8 Å². The first-order chi connectivity index (χ1) is 9.48. The Kier molecular flexibility index (Phi) is 4.21. The van der Waals surface area contributed by atoms with Gasteiger partial charge in [0.15, 0.2) is 5.54 Å². The summed E-state index contributed by atoms with van der Waals surface area (Å²) in [5.41, 5.74) is -3.33. The molecule has 10 heteroatoms. The fraction of sp³-hybridized carbons (Fsp3) is 0.273. The topological polar surface area (TPSA) is 110 Å². The molecule has 0 radical (unpaired) electrons. The standard InChI is InChI=1S/C11H9F3N2O5/c1-10(9(18)19,15-8(17)11(12,13)14)6-3-2-4-7(5-6)16(20)21/h2-5H,1H3,(H,15,17)(H,18,19). The van der Waals surface area contributed by atoms with Gasteiger partial charge in [0.1, 0.15) is 0 Å². The van der Waals surface area contributed by atoms with Gasteiger partial charge in [-0.3, -0.25) is 14.9 Å². The molecule has 114 valence electrons. The molecule has 1 aromatic rings. The number of rotatable bonds is 4. The van der Waals surface area contributed by atoms with Gasteiger partial charge in [0.05, 0.1) is 4.92 Å². The van der Waals surface area contributed by atoms with E-state index in [4.69, 9.17) is 5.11 Å². The van der Waals surface area contributed by atoms with Crippen molar-refractivity contribution in [3.05, 3.63) is 39.9 Å². The molecule has 1 amide bonds. The Labute approximate surface area is 115 Å². The number of halogens is 3. The number of nitrogens with one attached hydrogen (secondary N) is 1. The molecule has 0 bridgehead atoms. The van der Waals surface area contributed by atoms with Gasteiger partial charge < -0.3 is 10.4 Å². The van der Waals surface area contributed by atoms with Crippen LogP contribution in [0.4, 0.5) is 18.9 Å². The zero-order valence-electron chi connectivity index (χ0n) is 10.5. The second-order valence-corrected chi connectivity index (χ2v) is 4.19. The highest BCUT2D eigenvalue weighted by molar-refractivity contribution is 5.90. The van der Waals surface area contributed by atoms with Gasteiger partial charge in [-0.2, -0.15) is 13.2 Å². The largest absolute Gasteiger partial charge is 0.479 e. The minimum absolute atomic E-state index is 0.359. The molecule has 7 nitrogen and oxygen atoms in total. The number of alkyl halides is 3. The maximum absolute atomic E-state index is 12.3. The van der Waals surface area contributed by atoms with Crippen molar-refractivity contribution in [1.29, 1.82) is 0 Å². The van der Waals surface area contributed by atoms with E-state index >= 15 is 0 Å². The van der Waals surface area contributed by atoms with Crippen molar-refractivity contribution in [3.63, 3.8) is 0 Å². The molecular formula is C11H9F3N2O5. The molecule has 21 heavy (non-hydrogen) atoms. The van der Waals surface area contributed by atoms with E-state index in [0.29, 0.717) is 0 Å². The second-order valence-electron chi connectivity index (χ2n) is 4.19. The van der Waals surface area contributed by atoms with Gasteiger partial charge >= 0.3 is 18.1 Å². The number of nitrogens with zero attached hydrogens (tertiary/aromatic N) is 1. The Hall–Kier alpha value is -2.65. The first-order valence-electron chi connectivity index (χ1n) is 5.36. The van der Waals surface area contributed by atoms with E-state index < -0.39 is 34.2 Å². The Bertz CT molecular complexity index is 602. The molecule has 0 fully saturated rings. The third-order valence-electron chi connectivity index (χ3n) is 2.68. The van der Waals surface area contributed by atoms with Crippen molar-refractivity contribution in [2.24, 2.45) is 0 Å². The van der Waals surface area contributed by atoms with Gasteiger partial charge in [0, 0.05) is 12.1 Å². The van der Waals surface area contributed by atoms with Gasteiger partial charge in [-0.25, -0.2) is 4.79 Å². The van der Waals surface area contributed by atoms with Crippen molar-refractivity contribution >= 4 is 17.6 Å². The summed E-state index contributed by atoms with van der Waals surface area (Å²) < 4.78 is 36.8. The Morgan fingerprint density at radius 2 is 1.90 bits per heavy atom. The maximum Gasteiger partial charge on any atom is 0.471 e. The molecule has 1 unspecified atom stereocenters. The predicted octanol–water partition coefficient (Wildman–Crippen LogP) is 1.57. The van der Waals surface area contributed by atoms with E-state index in [1.165, 1.54) is 5.32 Å². The average Bonchev–Trinajstić information content (AvgIpc) is 2.37. The predicted molar refractivity (Wildman–Crippen MR) is 62.3 cm³/mol. The Morgan fingerprint density at radius 3 is 2.33 bits per heavy atom.